The van der Waals surface area contributed by atoms with Crippen LogP contribution in [0.25, 0.3) is 0 Å². The molecule has 0 aliphatic rings. The van der Waals surface area contributed by atoms with Gasteiger partial charge in [0.25, 0.3) is 0 Å². The Hall–Kier alpha value is -0.660. The van der Waals surface area contributed by atoms with E-state index in [9.17, 15) is 4.79 Å². The number of Topliss-reactive ketones (excluding diaryl/α,β-unsaturated/α-hetero) is 1. The summed E-state index contributed by atoms with van der Waals surface area (Å²) in [5.74, 6) is 0.226. The molecular formula is C13H13Br2NO. The van der Waals surface area contributed by atoms with Crippen LogP contribution in [0, 0.1) is 11.3 Å². The summed E-state index contributed by atoms with van der Waals surface area (Å²) in [5.41, 5.74) is 1.65. The van der Waals surface area contributed by atoms with Gasteiger partial charge in [-0.1, -0.05) is 44.8 Å². The highest BCUT2D eigenvalue weighted by Crippen LogP contribution is 2.22. The number of benzene rings is 1. The normalized spacial score (nSPS) is 11.9. The number of carbonyl (C=O) groups excluding carboxylic acids is 1. The molecule has 0 N–H and O–H groups in total. The van der Waals surface area contributed by atoms with Crippen LogP contribution in [0.2, 0.25) is 0 Å². The summed E-state index contributed by atoms with van der Waals surface area (Å²) in [5, 5.41) is 8.76. The van der Waals surface area contributed by atoms with Gasteiger partial charge in [0, 0.05) is 10.9 Å². The minimum atomic E-state index is -0.147. The third-order valence-corrected chi connectivity index (χ3v) is 4.00. The molecule has 0 fully saturated rings. The lowest BCUT2D eigenvalue weighted by Gasteiger charge is -2.10. The smallest absolute Gasteiger partial charge is 0.146 e. The molecule has 0 radical (unpaired) electrons. The van der Waals surface area contributed by atoms with Crippen molar-refractivity contribution < 1.29 is 4.79 Å². The lowest BCUT2D eigenvalue weighted by Crippen LogP contribution is -2.16. The van der Waals surface area contributed by atoms with Crippen LogP contribution in [-0.2, 0) is 11.2 Å². The Morgan fingerprint density at radius 2 is 2.24 bits per heavy atom. The SMILES string of the molecule is CCCC(=O)C(Br)Cc1ccc(C#N)cc1Br. The van der Waals surface area contributed by atoms with Gasteiger partial charge in [-0.3, -0.25) is 4.79 Å². The summed E-state index contributed by atoms with van der Waals surface area (Å²) in [6.45, 7) is 2.00. The van der Waals surface area contributed by atoms with Gasteiger partial charge in [0.1, 0.15) is 5.78 Å². The Morgan fingerprint density at radius 1 is 1.53 bits per heavy atom. The lowest BCUT2D eigenvalue weighted by atomic mass is 10.0. The Morgan fingerprint density at radius 3 is 2.76 bits per heavy atom. The number of ketones is 1. The van der Waals surface area contributed by atoms with Crippen molar-refractivity contribution in [2.24, 2.45) is 0 Å². The number of halogens is 2. The van der Waals surface area contributed by atoms with Crippen LogP contribution in [0.5, 0.6) is 0 Å². The first-order chi connectivity index (χ1) is 8.08. The van der Waals surface area contributed by atoms with Gasteiger partial charge in [0.05, 0.1) is 16.5 Å². The number of rotatable bonds is 5. The summed E-state index contributed by atoms with van der Waals surface area (Å²) in [4.78, 5) is 11.5. The van der Waals surface area contributed by atoms with E-state index in [0.29, 0.717) is 18.4 Å². The molecule has 0 saturated carbocycles. The standard InChI is InChI=1S/C13H13Br2NO/c1-2-3-13(17)12(15)7-10-5-4-9(8-16)6-11(10)14/h4-6,12H,2-3,7H2,1H3. The van der Waals surface area contributed by atoms with Gasteiger partial charge < -0.3 is 0 Å². The molecule has 0 spiro atoms. The van der Waals surface area contributed by atoms with Crippen LogP contribution in [0.3, 0.4) is 0 Å². The molecule has 2 nitrogen and oxygen atoms in total. The van der Waals surface area contributed by atoms with Crippen LogP contribution in [-0.4, -0.2) is 10.6 Å². The predicted molar refractivity (Wildman–Crippen MR) is 75.2 cm³/mol. The zero-order valence-electron chi connectivity index (χ0n) is 9.54. The molecule has 1 rings (SSSR count). The molecule has 0 aliphatic carbocycles. The molecule has 1 unspecified atom stereocenters. The third kappa shape index (κ3) is 4.25. The van der Waals surface area contributed by atoms with Crippen molar-refractivity contribution in [3.8, 4) is 6.07 Å². The van der Waals surface area contributed by atoms with Crippen molar-refractivity contribution in [2.45, 2.75) is 31.0 Å². The highest BCUT2D eigenvalue weighted by atomic mass is 79.9. The molecule has 0 heterocycles. The monoisotopic (exact) mass is 357 g/mol. The van der Waals surface area contributed by atoms with E-state index < -0.39 is 0 Å². The third-order valence-electron chi connectivity index (χ3n) is 2.43. The van der Waals surface area contributed by atoms with E-state index in [1.165, 1.54) is 0 Å². The maximum atomic E-state index is 11.7. The van der Waals surface area contributed by atoms with Crippen LogP contribution in [0.1, 0.15) is 30.9 Å². The number of hydrogen-bond acceptors (Lipinski definition) is 2. The Kier molecular flexibility index (Phi) is 5.87. The minimum Gasteiger partial charge on any atom is -0.298 e. The number of alkyl halides is 1. The molecular weight excluding hydrogens is 346 g/mol. The van der Waals surface area contributed by atoms with Gasteiger partial charge >= 0.3 is 0 Å². The van der Waals surface area contributed by atoms with E-state index in [0.717, 1.165) is 16.5 Å². The van der Waals surface area contributed by atoms with Gasteiger partial charge in [0.15, 0.2) is 0 Å². The van der Waals surface area contributed by atoms with Crippen LogP contribution >= 0.6 is 31.9 Å². The number of nitriles is 1. The Labute approximate surface area is 118 Å². The van der Waals surface area contributed by atoms with Gasteiger partial charge in [-0.25, -0.2) is 0 Å². The molecule has 0 bridgehead atoms. The first kappa shape index (κ1) is 14.4. The second-order valence-electron chi connectivity index (χ2n) is 3.81. The number of nitrogens with zero attached hydrogens (tertiary/aromatic N) is 1. The zero-order valence-corrected chi connectivity index (χ0v) is 12.7. The summed E-state index contributed by atoms with van der Waals surface area (Å²) in [7, 11) is 0. The van der Waals surface area contributed by atoms with Crippen molar-refractivity contribution in [3.05, 3.63) is 33.8 Å². The van der Waals surface area contributed by atoms with E-state index in [2.05, 4.69) is 37.9 Å². The summed E-state index contributed by atoms with van der Waals surface area (Å²) >= 11 is 6.84. The molecule has 0 amide bonds. The van der Waals surface area contributed by atoms with Crippen molar-refractivity contribution >= 4 is 37.6 Å². The average Bonchev–Trinajstić information content (AvgIpc) is 2.31. The first-order valence-corrected chi connectivity index (χ1v) is 7.14. The predicted octanol–water partition coefficient (Wildman–Crippen LogP) is 4.00. The van der Waals surface area contributed by atoms with Crippen molar-refractivity contribution in [1.29, 1.82) is 5.26 Å². The molecule has 90 valence electrons. The van der Waals surface area contributed by atoms with Crippen LogP contribution < -0.4 is 0 Å². The molecule has 1 aromatic rings. The summed E-state index contributed by atoms with van der Waals surface area (Å²) < 4.78 is 0.880. The van der Waals surface area contributed by atoms with E-state index in [-0.39, 0.29) is 10.6 Å². The number of carbonyl (C=O) groups is 1. The highest BCUT2D eigenvalue weighted by molar-refractivity contribution is 9.10. The molecule has 1 aromatic carbocycles. The Bertz CT molecular complexity index is 451. The quantitative estimate of drug-likeness (QED) is 0.746. The van der Waals surface area contributed by atoms with Crippen LogP contribution in [0.4, 0.5) is 0 Å². The van der Waals surface area contributed by atoms with E-state index in [1.807, 2.05) is 13.0 Å². The fraction of sp³-hybridized carbons (Fsp3) is 0.385. The largest absolute Gasteiger partial charge is 0.298 e. The molecule has 0 saturated heterocycles. The van der Waals surface area contributed by atoms with E-state index in [4.69, 9.17) is 5.26 Å². The van der Waals surface area contributed by atoms with Crippen LogP contribution in [0.15, 0.2) is 22.7 Å². The fourth-order valence-electron chi connectivity index (χ4n) is 1.49. The average molecular weight is 359 g/mol. The second-order valence-corrected chi connectivity index (χ2v) is 5.77. The second kappa shape index (κ2) is 6.93. The minimum absolute atomic E-state index is 0.147. The Balaban J connectivity index is 2.75. The topological polar surface area (TPSA) is 40.9 Å². The van der Waals surface area contributed by atoms with Crippen molar-refractivity contribution in [2.75, 3.05) is 0 Å². The zero-order chi connectivity index (χ0) is 12.8. The van der Waals surface area contributed by atoms with E-state index in [1.54, 1.807) is 12.1 Å². The van der Waals surface area contributed by atoms with Gasteiger partial charge in [-0.05, 0) is 30.5 Å². The number of hydrogen-bond donors (Lipinski definition) is 0. The van der Waals surface area contributed by atoms with E-state index >= 15 is 0 Å². The molecule has 0 aliphatic heterocycles. The lowest BCUT2D eigenvalue weighted by molar-refractivity contribution is -0.118. The van der Waals surface area contributed by atoms with Crippen molar-refractivity contribution in [3.63, 3.8) is 0 Å². The highest BCUT2D eigenvalue weighted by Gasteiger charge is 2.15. The molecule has 4 heteroatoms. The first-order valence-electron chi connectivity index (χ1n) is 5.43. The van der Waals surface area contributed by atoms with Gasteiger partial charge in [-0.2, -0.15) is 5.26 Å². The summed E-state index contributed by atoms with van der Waals surface area (Å²) in [6.07, 6.45) is 2.12. The molecule has 1 atom stereocenters. The maximum absolute atomic E-state index is 11.7. The summed E-state index contributed by atoms with van der Waals surface area (Å²) in [6, 6.07) is 7.51. The molecule has 17 heavy (non-hydrogen) atoms. The fourth-order valence-corrected chi connectivity index (χ4v) is 2.61. The molecule has 0 aromatic heterocycles. The maximum Gasteiger partial charge on any atom is 0.146 e. The van der Waals surface area contributed by atoms with Gasteiger partial charge in [-0.15, -0.1) is 0 Å². The van der Waals surface area contributed by atoms with Gasteiger partial charge in [0.2, 0.25) is 0 Å². The van der Waals surface area contributed by atoms with Crippen molar-refractivity contribution in [1.82, 2.24) is 0 Å².